The summed E-state index contributed by atoms with van der Waals surface area (Å²) in [5.41, 5.74) is 0. The number of hydrogen-bond donors (Lipinski definition) is 0. The maximum atomic E-state index is 5.83. The van der Waals surface area contributed by atoms with Crippen LogP contribution in [0.15, 0.2) is 0 Å². The lowest BCUT2D eigenvalue weighted by Crippen LogP contribution is -2.38. The van der Waals surface area contributed by atoms with Crippen LogP contribution in [0, 0.1) is 0 Å². The molecule has 0 amide bonds. The molecule has 1 aliphatic heterocycles. The molecule has 1 atom stereocenters. The van der Waals surface area contributed by atoms with E-state index in [1.54, 1.807) is 0 Å². The lowest BCUT2D eigenvalue weighted by molar-refractivity contribution is 0.376. The monoisotopic (exact) mass is 242 g/mol. The van der Waals surface area contributed by atoms with E-state index in [1.807, 2.05) is 0 Å². The van der Waals surface area contributed by atoms with Crippen molar-refractivity contribution in [3.8, 4) is 6.01 Å². The first-order chi connectivity index (χ1) is 7.70. The van der Waals surface area contributed by atoms with Crippen molar-refractivity contribution >= 4 is 17.5 Å². The van der Waals surface area contributed by atoms with Crippen LogP contribution in [0.5, 0.6) is 6.01 Å². The van der Waals surface area contributed by atoms with Gasteiger partial charge in [0.15, 0.2) is 0 Å². The first kappa shape index (κ1) is 11.4. The van der Waals surface area contributed by atoms with Crippen molar-refractivity contribution in [1.82, 2.24) is 15.0 Å². The minimum atomic E-state index is 0.180. The Labute approximate surface area is 99.8 Å². The molecule has 0 aliphatic carbocycles. The van der Waals surface area contributed by atoms with Gasteiger partial charge in [0.2, 0.25) is 11.2 Å². The van der Waals surface area contributed by atoms with E-state index >= 15 is 0 Å². The summed E-state index contributed by atoms with van der Waals surface area (Å²) in [5, 5.41) is 0.180. The summed E-state index contributed by atoms with van der Waals surface area (Å²) in [6.45, 7) is 3.13. The first-order valence-corrected chi connectivity index (χ1v) is 5.80. The van der Waals surface area contributed by atoms with Crippen LogP contribution in [0.3, 0.4) is 0 Å². The van der Waals surface area contributed by atoms with Crippen LogP contribution in [-0.2, 0) is 0 Å². The molecule has 1 fully saturated rings. The number of nitrogens with zero attached hydrogens (tertiary/aromatic N) is 4. The van der Waals surface area contributed by atoms with Crippen molar-refractivity contribution in [2.24, 2.45) is 0 Å². The molecule has 0 N–H and O–H groups in total. The van der Waals surface area contributed by atoms with Gasteiger partial charge < -0.3 is 9.64 Å². The van der Waals surface area contributed by atoms with Gasteiger partial charge in [-0.25, -0.2) is 0 Å². The lowest BCUT2D eigenvalue weighted by atomic mass is 10.0. The largest absolute Gasteiger partial charge is 0.467 e. The highest BCUT2D eigenvalue weighted by atomic mass is 35.5. The molecule has 0 aromatic carbocycles. The number of aromatic nitrogens is 3. The lowest BCUT2D eigenvalue weighted by Gasteiger charge is -2.33. The fourth-order valence-corrected chi connectivity index (χ4v) is 2.08. The van der Waals surface area contributed by atoms with E-state index in [0.29, 0.717) is 12.0 Å². The summed E-state index contributed by atoms with van der Waals surface area (Å²) in [6.07, 6.45) is 3.58. The molecule has 0 radical (unpaired) electrons. The zero-order chi connectivity index (χ0) is 11.5. The Kier molecular flexibility index (Phi) is 3.43. The van der Waals surface area contributed by atoms with Crippen molar-refractivity contribution < 1.29 is 4.74 Å². The van der Waals surface area contributed by atoms with Crippen molar-refractivity contribution in [3.63, 3.8) is 0 Å². The average Bonchev–Trinajstić information content (AvgIpc) is 2.28. The standard InChI is InChI=1S/C10H15ClN4O/c1-7-5-3-4-6-15(7)9-12-8(11)13-10(14-9)16-2/h7H,3-6H2,1-2H3/t7-/m0/s1. The number of piperidine rings is 1. The third kappa shape index (κ3) is 2.35. The Balaban J connectivity index is 2.27. The predicted octanol–water partition coefficient (Wildman–Crippen LogP) is 1.91. The minimum absolute atomic E-state index is 0.180. The molecule has 0 spiro atoms. The second-order valence-electron chi connectivity index (χ2n) is 3.93. The van der Waals surface area contributed by atoms with E-state index < -0.39 is 0 Å². The van der Waals surface area contributed by atoms with E-state index in [2.05, 4.69) is 26.8 Å². The summed E-state index contributed by atoms with van der Waals surface area (Å²) in [7, 11) is 1.52. The van der Waals surface area contributed by atoms with Crippen molar-refractivity contribution in [2.75, 3.05) is 18.6 Å². The molecule has 2 rings (SSSR count). The van der Waals surface area contributed by atoms with Crippen molar-refractivity contribution in [2.45, 2.75) is 32.2 Å². The summed E-state index contributed by atoms with van der Waals surface area (Å²) in [5.74, 6) is 0.615. The van der Waals surface area contributed by atoms with E-state index in [9.17, 15) is 0 Å². The Morgan fingerprint density at radius 1 is 1.31 bits per heavy atom. The van der Waals surface area contributed by atoms with Gasteiger partial charge in [0.05, 0.1) is 7.11 Å². The Morgan fingerprint density at radius 2 is 2.12 bits per heavy atom. The predicted molar refractivity (Wildman–Crippen MR) is 62.0 cm³/mol. The molecule has 1 aromatic heterocycles. The Bertz CT molecular complexity index is 374. The van der Waals surface area contributed by atoms with Gasteiger partial charge in [-0.2, -0.15) is 15.0 Å². The molecular formula is C10H15ClN4O. The molecule has 1 aliphatic rings. The summed E-state index contributed by atoms with van der Waals surface area (Å²) in [4.78, 5) is 14.4. The first-order valence-electron chi connectivity index (χ1n) is 5.43. The van der Waals surface area contributed by atoms with Crippen LogP contribution in [0.4, 0.5) is 5.95 Å². The molecule has 0 saturated carbocycles. The maximum absolute atomic E-state index is 5.83. The number of halogens is 1. The number of hydrogen-bond acceptors (Lipinski definition) is 5. The molecule has 6 heteroatoms. The third-order valence-corrected chi connectivity index (χ3v) is 2.99. The van der Waals surface area contributed by atoms with Crippen molar-refractivity contribution in [1.29, 1.82) is 0 Å². The van der Waals surface area contributed by atoms with Crippen LogP contribution in [0.1, 0.15) is 26.2 Å². The second kappa shape index (κ2) is 4.82. The number of ether oxygens (including phenoxy) is 1. The zero-order valence-electron chi connectivity index (χ0n) is 9.48. The molecule has 88 valence electrons. The van der Waals surface area contributed by atoms with Crippen LogP contribution >= 0.6 is 11.6 Å². The smallest absolute Gasteiger partial charge is 0.322 e. The Morgan fingerprint density at radius 3 is 2.81 bits per heavy atom. The van der Waals surface area contributed by atoms with Gasteiger partial charge in [0.25, 0.3) is 0 Å². The fraction of sp³-hybridized carbons (Fsp3) is 0.700. The van der Waals surface area contributed by atoms with Gasteiger partial charge in [-0.1, -0.05) is 0 Å². The van der Waals surface area contributed by atoms with E-state index in [0.717, 1.165) is 19.4 Å². The van der Waals surface area contributed by atoms with Gasteiger partial charge >= 0.3 is 6.01 Å². The van der Waals surface area contributed by atoms with Crippen molar-refractivity contribution in [3.05, 3.63) is 5.28 Å². The highest BCUT2D eigenvalue weighted by molar-refractivity contribution is 6.28. The summed E-state index contributed by atoms with van der Waals surface area (Å²) in [6, 6.07) is 0.713. The van der Waals surface area contributed by atoms with E-state index in [1.165, 1.54) is 13.5 Å². The molecule has 1 saturated heterocycles. The molecule has 5 nitrogen and oxygen atoms in total. The average molecular weight is 243 g/mol. The molecule has 0 unspecified atom stereocenters. The molecule has 2 heterocycles. The Hall–Kier alpha value is -1.10. The normalized spacial score (nSPS) is 20.9. The zero-order valence-corrected chi connectivity index (χ0v) is 10.2. The van der Waals surface area contributed by atoms with Crippen LogP contribution in [-0.4, -0.2) is 34.6 Å². The minimum Gasteiger partial charge on any atom is -0.467 e. The quantitative estimate of drug-likeness (QED) is 0.793. The highest BCUT2D eigenvalue weighted by Gasteiger charge is 2.22. The van der Waals surface area contributed by atoms with Gasteiger partial charge in [-0.3, -0.25) is 0 Å². The van der Waals surface area contributed by atoms with Gasteiger partial charge in [-0.05, 0) is 37.8 Å². The SMILES string of the molecule is COc1nc(Cl)nc(N2CCCC[C@@H]2C)n1. The topological polar surface area (TPSA) is 51.1 Å². The fourth-order valence-electron chi connectivity index (χ4n) is 1.94. The second-order valence-corrected chi connectivity index (χ2v) is 4.27. The number of rotatable bonds is 2. The molecule has 16 heavy (non-hydrogen) atoms. The summed E-state index contributed by atoms with van der Waals surface area (Å²) < 4.78 is 4.99. The van der Waals surface area contributed by atoms with Crippen LogP contribution in [0.25, 0.3) is 0 Å². The van der Waals surface area contributed by atoms with E-state index in [-0.39, 0.29) is 11.3 Å². The number of anilines is 1. The maximum Gasteiger partial charge on any atom is 0.322 e. The van der Waals surface area contributed by atoms with Gasteiger partial charge in [-0.15, -0.1) is 0 Å². The highest BCUT2D eigenvalue weighted by Crippen LogP contribution is 2.23. The van der Waals surface area contributed by atoms with E-state index in [4.69, 9.17) is 16.3 Å². The summed E-state index contributed by atoms with van der Waals surface area (Å²) >= 11 is 5.83. The van der Waals surface area contributed by atoms with Gasteiger partial charge in [0, 0.05) is 12.6 Å². The number of methoxy groups -OCH3 is 1. The van der Waals surface area contributed by atoms with Crippen LogP contribution < -0.4 is 9.64 Å². The molecule has 0 bridgehead atoms. The molecular weight excluding hydrogens is 228 g/mol. The van der Waals surface area contributed by atoms with Crippen LogP contribution in [0.2, 0.25) is 5.28 Å². The molecule has 1 aromatic rings. The van der Waals surface area contributed by atoms with Gasteiger partial charge in [0.1, 0.15) is 0 Å². The third-order valence-electron chi connectivity index (χ3n) is 2.82.